The van der Waals surface area contributed by atoms with Crippen molar-refractivity contribution in [2.24, 2.45) is 17.8 Å². The number of fused-ring (bicyclic) bond motifs is 1. The first-order valence-electron chi connectivity index (χ1n) is 10.6. The predicted molar refractivity (Wildman–Crippen MR) is 121 cm³/mol. The van der Waals surface area contributed by atoms with E-state index in [1.165, 1.54) is 4.90 Å². The minimum atomic E-state index is -0.258. The molecule has 4 nitrogen and oxygen atoms in total. The SMILES string of the molecule is C[C@@H]1C=CC[C@H]2C(=O)N(c3ccc(Oc4ccccc4-c4ccccc4)cc3)C(=O)[C@@H]12. The smallest absolute Gasteiger partial charge is 0.238 e. The van der Waals surface area contributed by atoms with Crippen LogP contribution in [0.4, 0.5) is 5.69 Å². The summed E-state index contributed by atoms with van der Waals surface area (Å²) in [5.41, 5.74) is 2.68. The summed E-state index contributed by atoms with van der Waals surface area (Å²) in [5, 5.41) is 0. The number of hydrogen-bond donors (Lipinski definition) is 0. The number of anilines is 1. The van der Waals surface area contributed by atoms with Crippen LogP contribution in [-0.2, 0) is 9.59 Å². The fourth-order valence-electron chi connectivity index (χ4n) is 4.60. The molecule has 1 aliphatic heterocycles. The van der Waals surface area contributed by atoms with Gasteiger partial charge in [0.2, 0.25) is 11.8 Å². The van der Waals surface area contributed by atoms with Crippen molar-refractivity contribution in [2.45, 2.75) is 13.3 Å². The molecule has 154 valence electrons. The Labute approximate surface area is 181 Å². The number of hydrogen-bond acceptors (Lipinski definition) is 3. The number of para-hydroxylation sites is 1. The van der Waals surface area contributed by atoms with Crippen molar-refractivity contribution < 1.29 is 14.3 Å². The van der Waals surface area contributed by atoms with E-state index in [9.17, 15) is 9.59 Å². The van der Waals surface area contributed by atoms with Gasteiger partial charge >= 0.3 is 0 Å². The van der Waals surface area contributed by atoms with E-state index < -0.39 is 0 Å². The minimum Gasteiger partial charge on any atom is -0.457 e. The first-order chi connectivity index (χ1) is 15.1. The van der Waals surface area contributed by atoms with E-state index in [-0.39, 0.29) is 29.6 Å². The van der Waals surface area contributed by atoms with E-state index in [1.54, 1.807) is 24.3 Å². The van der Waals surface area contributed by atoms with Gasteiger partial charge in [0.1, 0.15) is 11.5 Å². The van der Waals surface area contributed by atoms with E-state index in [2.05, 4.69) is 0 Å². The largest absolute Gasteiger partial charge is 0.457 e. The third-order valence-electron chi connectivity index (χ3n) is 6.17. The number of nitrogens with zero attached hydrogens (tertiary/aromatic N) is 1. The van der Waals surface area contributed by atoms with E-state index in [0.717, 1.165) is 16.9 Å². The maximum absolute atomic E-state index is 13.0. The molecule has 0 radical (unpaired) electrons. The van der Waals surface area contributed by atoms with Crippen molar-refractivity contribution in [3.8, 4) is 22.6 Å². The molecule has 1 saturated heterocycles. The number of rotatable bonds is 4. The molecule has 2 aliphatic rings. The van der Waals surface area contributed by atoms with Crippen molar-refractivity contribution in [2.75, 3.05) is 4.90 Å². The number of carbonyl (C=O) groups excluding carboxylic acids is 2. The highest BCUT2D eigenvalue weighted by Gasteiger charge is 2.50. The summed E-state index contributed by atoms with van der Waals surface area (Å²) in [6, 6.07) is 25.1. The second kappa shape index (κ2) is 7.88. The minimum absolute atomic E-state index is 0.0808. The average molecular weight is 409 g/mol. The van der Waals surface area contributed by atoms with Crippen LogP contribution in [0.5, 0.6) is 11.5 Å². The Balaban J connectivity index is 1.39. The van der Waals surface area contributed by atoms with Gasteiger partial charge in [-0.15, -0.1) is 0 Å². The molecule has 0 bridgehead atoms. The quantitative estimate of drug-likeness (QED) is 0.401. The van der Waals surface area contributed by atoms with Gasteiger partial charge in [0, 0.05) is 5.56 Å². The fourth-order valence-corrected chi connectivity index (χ4v) is 4.60. The predicted octanol–water partition coefficient (Wildman–Crippen LogP) is 5.85. The van der Waals surface area contributed by atoms with Crippen LogP contribution in [0.3, 0.4) is 0 Å². The molecule has 1 heterocycles. The van der Waals surface area contributed by atoms with Crippen LogP contribution in [0.2, 0.25) is 0 Å². The number of ether oxygens (including phenoxy) is 1. The lowest BCUT2D eigenvalue weighted by Gasteiger charge is -2.22. The van der Waals surface area contributed by atoms with Crippen molar-refractivity contribution in [1.29, 1.82) is 0 Å². The van der Waals surface area contributed by atoms with Crippen LogP contribution < -0.4 is 9.64 Å². The summed E-state index contributed by atoms with van der Waals surface area (Å²) in [7, 11) is 0. The van der Waals surface area contributed by atoms with Gasteiger partial charge in [-0.2, -0.15) is 0 Å². The normalized spacial score (nSPS) is 22.5. The molecule has 3 aromatic carbocycles. The van der Waals surface area contributed by atoms with Crippen molar-refractivity contribution >= 4 is 17.5 Å². The Morgan fingerprint density at radius 2 is 1.55 bits per heavy atom. The lowest BCUT2D eigenvalue weighted by Crippen LogP contribution is -2.31. The molecular weight excluding hydrogens is 386 g/mol. The summed E-state index contributed by atoms with van der Waals surface area (Å²) in [5.74, 6) is 0.772. The zero-order valence-corrected chi connectivity index (χ0v) is 17.3. The molecule has 0 aromatic heterocycles. The molecule has 0 N–H and O–H groups in total. The summed E-state index contributed by atoms with van der Waals surface area (Å²) in [4.78, 5) is 27.2. The highest BCUT2D eigenvalue weighted by Crippen LogP contribution is 2.41. The summed E-state index contributed by atoms with van der Waals surface area (Å²) < 4.78 is 6.15. The molecule has 0 saturated carbocycles. The molecule has 5 rings (SSSR count). The Bertz CT molecular complexity index is 1150. The fraction of sp³-hybridized carbons (Fsp3) is 0.185. The van der Waals surface area contributed by atoms with Crippen molar-refractivity contribution in [3.63, 3.8) is 0 Å². The van der Waals surface area contributed by atoms with Gasteiger partial charge in [-0.25, -0.2) is 0 Å². The number of carbonyl (C=O) groups is 2. The molecule has 0 spiro atoms. The van der Waals surface area contributed by atoms with Gasteiger partial charge in [-0.3, -0.25) is 14.5 Å². The van der Waals surface area contributed by atoms with Crippen LogP contribution in [0.25, 0.3) is 11.1 Å². The molecule has 1 aliphatic carbocycles. The van der Waals surface area contributed by atoms with Gasteiger partial charge in [-0.1, -0.05) is 67.6 Å². The number of benzene rings is 3. The van der Waals surface area contributed by atoms with Crippen LogP contribution in [-0.4, -0.2) is 11.8 Å². The lowest BCUT2D eigenvalue weighted by molar-refractivity contribution is -0.122. The van der Waals surface area contributed by atoms with Gasteiger partial charge in [0.25, 0.3) is 0 Å². The molecule has 2 amide bonds. The Morgan fingerprint density at radius 1 is 0.839 bits per heavy atom. The molecule has 3 atom stereocenters. The maximum atomic E-state index is 13.0. The molecule has 1 fully saturated rings. The zero-order chi connectivity index (χ0) is 21.4. The first kappa shape index (κ1) is 19.3. The second-order valence-electron chi connectivity index (χ2n) is 8.13. The number of amides is 2. The van der Waals surface area contributed by atoms with Crippen molar-refractivity contribution in [1.82, 2.24) is 0 Å². The molecule has 3 aromatic rings. The van der Waals surface area contributed by atoms with E-state index in [0.29, 0.717) is 17.9 Å². The second-order valence-corrected chi connectivity index (χ2v) is 8.13. The molecule has 0 unspecified atom stereocenters. The Hall–Kier alpha value is -3.66. The summed E-state index contributed by atoms with van der Waals surface area (Å²) >= 11 is 0. The van der Waals surface area contributed by atoms with Crippen molar-refractivity contribution in [3.05, 3.63) is 91.0 Å². The van der Waals surface area contributed by atoms with Crippen LogP contribution in [0, 0.1) is 17.8 Å². The average Bonchev–Trinajstić information content (AvgIpc) is 3.06. The van der Waals surface area contributed by atoms with Gasteiger partial charge in [-0.05, 0) is 48.2 Å². The Morgan fingerprint density at radius 3 is 2.29 bits per heavy atom. The summed E-state index contributed by atoms with van der Waals surface area (Å²) in [6.45, 7) is 2.00. The Kier molecular flexibility index (Phi) is 4.91. The van der Waals surface area contributed by atoms with Crippen LogP contribution in [0.15, 0.2) is 91.0 Å². The number of allylic oxidation sites excluding steroid dienone is 2. The zero-order valence-electron chi connectivity index (χ0n) is 17.3. The third-order valence-corrected chi connectivity index (χ3v) is 6.17. The molecule has 31 heavy (non-hydrogen) atoms. The van der Waals surface area contributed by atoms with Gasteiger partial charge < -0.3 is 4.74 Å². The maximum Gasteiger partial charge on any atom is 0.238 e. The van der Waals surface area contributed by atoms with E-state index in [1.807, 2.05) is 73.7 Å². The van der Waals surface area contributed by atoms with E-state index in [4.69, 9.17) is 4.74 Å². The monoisotopic (exact) mass is 409 g/mol. The summed E-state index contributed by atoms with van der Waals surface area (Å²) in [6.07, 6.45) is 4.69. The number of imide groups is 1. The lowest BCUT2D eigenvalue weighted by atomic mass is 9.78. The topological polar surface area (TPSA) is 46.6 Å². The highest BCUT2D eigenvalue weighted by atomic mass is 16.5. The van der Waals surface area contributed by atoms with Crippen LogP contribution in [0.1, 0.15) is 13.3 Å². The highest BCUT2D eigenvalue weighted by molar-refractivity contribution is 6.22. The first-order valence-corrected chi connectivity index (χ1v) is 10.6. The molecular formula is C27H23NO3. The van der Waals surface area contributed by atoms with Gasteiger partial charge in [0.15, 0.2) is 0 Å². The van der Waals surface area contributed by atoms with E-state index >= 15 is 0 Å². The third kappa shape index (κ3) is 3.44. The molecule has 4 heteroatoms. The standard InChI is InChI=1S/C27H23NO3/c1-18-8-7-12-23-25(18)27(30)28(26(23)29)20-14-16-21(17-15-20)31-24-13-6-5-11-22(24)19-9-3-2-4-10-19/h2-11,13-18,23,25H,12H2,1H3/t18-,23-,25+/m1/s1. The van der Waals surface area contributed by atoms with Crippen LogP contribution >= 0.6 is 0 Å². The van der Waals surface area contributed by atoms with Gasteiger partial charge in [0.05, 0.1) is 17.5 Å².